The highest BCUT2D eigenvalue weighted by Gasteiger charge is 2.10. The van der Waals surface area contributed by atoms with Gasteiger partial charge in [0.25, 0.3) is 0 Å². The second-order valence-corrected chi connectivity index (χ2v) is 7.54. The number of nitrogens with zero attached hydrogens (tertiary/aromatic N) is 2. The molecule has 0 aliphatic heterocycles. The van der Waals surface area contributed by atoms with Gasteiger partial charge in [0.2, 0.25) is 10.0 Å². The Morgan fingerprint density at radius 1 is 1.14 bits per heavy atom. The minimum atomic E-state index is -3.77. The fourth-order valence-corrected chi connectivity index (χ4v) is 4.03. The van der Waals surface area contributed by atoms with Gasteiger partial charge in [0.15, 0.2) is 0 Å². The van der Waals surface area contributed by atoms with Crippen molar-refractivity contribution in [1.82, 2.24) is 4.98 Å². The van der Waals surface area contributed by atoms with Crippen LogP contribution >= 0.6 is 22.9 Å². The number of hydrogen-bond acceptors (Lipinski definition) is 4. The van der Waals surface area contributed by atoms with Gasteiger partial charge in [-0.05, 0) is 48.3 Å². The third-order valence-corrected chi connectivity index (χ3v) is 5.40. The highest BCUT2D eigenvalue weighted by atomic mass is 35.5. The van der Waals surface area contributed by atoms with Gasteiger partial charge in [0.1, 0.15) is 0 Å². The monoisotopic (exact) mass is 337 g/mol. The van der Waals surface area contributed by atoms with Crippen molar-refractivity contribution in [3.05, 3.63) is 57.8 Å². The summed E-state index contributed by atoms with van der Waals surface area (Å²) >= 11 is 7.01. The molecule has 0 unspecified atom stereocenters. The molecule has 21 heavy (non-hydrogen) atoms. The van der Waals surface area contributed by atoms with Gasteiger partial charge in [0.05, 0.1) is 4.90 Å². The summed E-state index contributed by atoms with van der Waals surface area (Å²) in [5.41, 5.74) is 1.84. The minimum Gasteiger partial charge on any atom is -0.426 e. The normalized spacial score (nSPS) is 11.7. The van der Waals surface area contributed by atoms with Crippen LogP contribution in [-0.2, 0) is 10.0 Å². The van der Waals surface area contributed by atoms with Gasteiger partial charge >= 0.3 is 0 Å². The number of halogens is 1. The number of fused-ring (bicyclic) bond motifs is 1. The summed E-state index contributed by atoms with van der Waals surface area (Å²) in [6, 6.07) is 11.6. The van der Waals surface area contributed by atoms with Gasteiger partial charge in [-0.15, -0.1) is 11.3 Å². The van der Waals surface area contributed by atoms with E-state index in [1.807, 2.05) is 25.1 Å². The average Bonchev–Trinajstić information content (AvgIpc) is 2.79. The van der Waals surface area contributed by atoms with Crippen molar-refractivity contribution in [2.75, 3.05) is 0 Å². The molecule has 0 bridgehead atoms. The van der Waals surface area contributed by atoms with Crippen molar-refractivity contribution >= 4 is 48.3 Å². The Labute approximate surface area is 131 Å². The van der Waals surface area contributed by atoms with E-state index in [4.69, 9.17) is 11.6 Å². The van der Waals surface area contributed by atoms with Crippen molar-refractivity contribution in [2.45, 2.75) is 11.8 Å². The Morgan fingerprint density at radius 3 is 2.57 bits per heavy atom. The Kier molecular flexibility index (Phi) is 3.61. The maximum Gasteiger partial charge on any atom is 0.202 e. The van der Waals surface area contributed by atoms with E-state index in [0.29, 0.717) is 5.02 Å². The number of aromatic nitrogens is 1. The molecule has 0 atom stereocenters. The maximum absolute atomic E-state index is 12.2. The Balaban J connectivity index is 1.95. The zero-order valence-corrected chi connectivity index (χ0v) is 13.3. The Bertz CT molecular complexity index is 902. The van der Waals surface area contributed by atoms with E-state index >= 15 is 0 Å². The molecule has 0 N–H and O–H groups in total. The molecule has 0 fully saturated rings. The predicted molar refractivity (Wildman–Crippen MR) is 86.0 cm³/mol. The molecule has 1 aromatic heterocycles. The highest BCUT2D eigenvalue weighted by molar-refractivity contribution is 7.94. The molecule has 0 saturated heterocycles. The molecule has 0 radical (unpaired) electrons. The van der Waals surface area contributed by atoms with E-state index in [9.17, 15) is 8.42 Å². The van der Waals surface area contributed by atoms with Crippen molar-refractivity contribution in [1.29, 1.82) is 0 Å². The lowest BCUT2D eigenvalue weighted by Crippen LogP contribution is -1.96. The molecule has 0 amide bonds. The van der Waals surface area contributed by atoms with Crippen LogP contribution in [0.15, 0.2) is 47.4 Å². The first-order valence-corrected chi connectivity index (χ1v) is 8.68. The summed E-state index contributed by atoms with van der Waals surface area (Å²) in [6.45, 7) is 1.97. The lowest BCUT2D eigenvalue weighted by atomic mass is 10.2. The van der Waals surface area contributed by atoms with Crippen molar-refractivity contribution < 1.29 is 8.42 Å². The molecule has 4 nitrogen and oxygen atoms in total. The molecule has 0 aliphatic carbocycles. The molecule has 0 saturated carbocycles. The van der Waals surface area contributed by atoms with Crippen LogP contribution in [0.5, 0.6) is 0 Å². The molecule has 0 spiro atoms. The third kappa shape index (κ3) is 3.02. The standard InChI is InChI=1S/C14H10ClN2O2S2/c1-9-2-7-12-13(8-9)20-14(16-12)17-21(18,19)11-5-3-10(15)4-6-11/h2-8H,1H3/q-1. The van der Waals surface area contributed by atoms with Crippen LogP contribution in [-0.4, -0.2) is 13.4 Å². The second kappa shape index (κ2) is 5.29. The van der Waals surface area contributed by atoms with Crippen molar-refractivity contribution in [2.24, 2.45) is 0 Å². The topological polar surface area (TPSA) is 61.1 Å². The molecule has 2 aromatic carbocycles. The van der Waals surface area contributed by atoms with Crippen molar-refractivity contribution in [3.8, 4) is 0 Å². The zero-order valence-electron chi connectivity index (χ0n) is 10.9. The average molecular weight is 338 g/mol. The number of thiazole rings is 1. The fourth-order valence-electron chi connectivity index (χ4n) is 1.82. The molecular weight excluding hydrogens is 328 g/mol. The van der Waals surface area contributed by atoms with Gasteiger partial charge in [-0.2, -0.15) is 0 Å². The largest absolute Gasteiger partial charge is 0.426 e. The molecule has 0 aliphatic rings. The van der Waals surface area contributed by atoms with E-state index in [2.05, 4.69) is 9.71 Å². The summed E-state index contributed by atoms with van der Waals surface area (Å²) in [4.78, 5) is 4.33. The van der Waals surface area contributed by atoms with Crippen LogP contribution in [0.1, 0.15) is 5.56 Å². The van der Waals surface area contributed by atoms with Crippen LogP contribution in [0.3, 0.4) is 0 Å². The Morgan fingerprint density at radius 2 is 1.86 bits per heavy atom. The summed E-state index contributed by atoms with van der Waals surface area (Å²) in [5.74, 6) is 0. The van der Waals surface area contributed by atoms with E-state index in [1.165, 1.54) is 35.6 Å². The number of sulfonamides is 1. The lowest BCUT2D eigenvalue weighted by molar-refractivity contribution is 0.603. The summed E-state index contributed by atoms with van der Waals surface area (Å²) < 4.78 is 29.1. The number of benzene rings is 2. The van der Waals surface area contributed by atoms with Crippen LogP contribution < -0.4 is 0 Å². The van der Waals surface area contributed by atoms with Crippen LogP contribution in [0, 0.1) is 6.92 Å². The van der Waals surface area contributed by atoms with Gasteiger partial charge in [0, 0.05) is 14.9 Å². The summed E-state index contributed by atoms with van der Waals surface area (Å²) in [6.07, 6.45) is 0. The third-order valence-electron chi connectivity index (χ3n) is 2.84. The maximum atomic E-state index is 12.2. The highest BCUT2D eigenvalue weighted by Crippen LogP contribution is 2.35. The fraction of sp³-hybridized carbons (Fsp3) is 0.0714. The van der Waals surface area contributed by atoms with Crippen LogP contribution in [0.2, 0.25) is 5.02 Å². The molecule has 108 valence electrons. The number of hydrogen-bond donors (Lipinski definition) is 0. The van der Waals surface area contributed by atoms with E-state index in [1.54, 1.807) is 0 Å². The smallest absolute Gasteiger partial charge is 0.202 e. The second-order valence-electron chi connectivity index (χ2n) is 4.49. The summed E-state index contributed by atoms with van der Waals surface area (Å²) in [7, 11) is -3.77. The van der Waals surface area contributed by atoms with Crippen molar-refractivity contribution in [3.63, 3.8) is 0 Å². The predicted octanol–water partition coefficient (Wildman–Crippen LogP) is 4.65. The molecule has 1 heterocycles. The molecule has 7 heteroatoms. The first kappa shape index (κ1) is 14.3. The van der Waals surface area contributed by atoms with Crippen LogP contribution in [0.4, 0.5) is 5.13 Å². The number of rotatable bonds is 3. The van der Waals surface area contributed by atoms with Gasteiger partial charge in [-0.3, -0.25) is 0 Å². The minimum absolute atomic E-state index is 0.0994. The zero-order chi connectivity index (χ0) is 15.0. The first-order valence-electron chi connectivity index (χ1n) is 6.05. The van der Waals surface area contributed by atoms with Crippen LogP contribution in [0.25, 0.3) is 14.9 Å². The Hall–Kier alpha value is -1.63. The first-order chi connectivity index (χ1) is 9.94. The lowest BCUT2D eigenvalue weighted by Gasteiger charge is -2.11. The molecule has 3 aromatic rings. The van der Waals surface area contributed by atoms with E-state index in [-0.39, 0.29) is 10.0 Å². The SMILES string of the molecule is Cc1ccc2nc([N-]S(=O)(=O)c3ccc(Cl)cc3)sc2c1. The van der Waals surface area contributed by atoms with E-state index in [0.717, 1.165) is 15.8 Å². The van der Waals surface area contributed by atoms with Gasteiger partial charge < -0.3 is 9.71 Å². The van der Waals surface area contributed by atoms with Gasteiger partial charge in [-0.25, -0.2) is 8.42 Å². The summed E-state index contributed by atoms with van der Waals surface area (Å²) in [5, 5.41) is 0.704. The molecular formula is C14H10ClN2O2S2-. The van der Waals surface area contributed by atoms with E-state index < -0.39 is 10.0 Å². The molecule has 3 rings (SSSR count). The number of aryl methyl sites for hydroxylation is 1. The quantitative estimate of drug-likeness (QED) is 0.698. The van der Waals surface area contributed by atoms with Gasteiger partial charge in [-0.1, -0.05) is 23.7 Å².